The van der Waals surface area contributed by atoms with Crippen LogP contribution in [0.15, 0.2) is 9.98 Å². The third-order valence-corrected chi connectivity index (χ3v) is 4.88. The fraction of sp³-hybridized carbons (Fsp3) is 0.667. The predicted molar refractivity (Wildman–Crippen MR) is 132 cm³/mol. The molecule has 0 fully saturated rings. The Morgan fingerprint density at radius 1 is 0.771 bits per heavy atom. The summed E-state index contributed by atoms with van der Waals surface area (Å²) >= 11 is 3.94. The molecule has 0 aliphatic carbocycles. The SMILES string of the molecule is NC(N)=NCCCC(NC(=O)C(CO)NC(=O)C(CCCN=C(N)N)NC(=O)C(N)CS)C(=O)O. The van der Waals surface area contributed by atoms with Gasteiger partial charge in [-0.15, -0.1) is 0 Å². The number of aliphatic hydroxyl groups is 1. The summed E-state index contributed by atoms with van der Waals surface area (Å²) in [5.74, 6) is -3.99. The lowest BCUT2D eigenvalue weighted by molar-refractivity contribution is -0.142. The van der Waals surface area contributed by atoms with Crippen molar-refractivity contribution in [3.63, 3.8) is 0 Å². The van der Waals surface area contributed by atoms with E-state index in [1.807, 2.05) is 0 Å². The first kappa shape index (κ1) is 31.7. The van der Waals surface area contributed by atoms with Crippen LogP contribution in [-0.2, 0) is 19.2 Å². The Hall–Kier alpha value is -3.31. The standard InChI is InChI=1S/C18H36N10O6S/c19-9(8-35)13(30)26-10(3-1-5-24-17(20)21)14(31)28-12(7-29)15(32)27-11(16(33)34)4-2-6-25-18(22)23/h9-12,29,35H,1-8,19H2,(H,26,30)(H,27,32)(H,28,31)(H,33,34)(H4,20,21,24)(H4,22,23,25). The van der Waals surface area contributed by atoms with Gasteiger partial charge in [0, 0.05) is 18.8 Å². The molecule has 0 aliphatic rings. The van der Waals surface area contributed by atoms with Gasteiger partial charge in [-0.3, -0.25) is 24.4 Å². The number of aliphatic hydroxyl groups excluding tert-OH is 1. The van der Waals surface area contributed by atoms with Crippen molar-refractivity contribution >= 4 is 48.2 Å². The van der Waals surface area contributed by atoms with Crippen LogP contribution >= 0.6 is 12.6 Å². The number of hydrogen-bond acceptors (Lipinski definition) is 9. The molecular weight excluding hydrogens is 484 g/mol. The van der Waals surface area contributed by atoms with E-state index in [0.717, 1.165) is 0 Å². The molecule has 35 heavy (non-hydrogen) atoms. The average Bonchev–Trinajstić information content (AvgIpc) is 2.79. The summed E-state index contributed by atoms with van der Waals surface area (Å²) in [5.41, 5.74) is 26.6. The van der Waals surface area contributed by atoms with Crippen molar-refractivity contribution in [1.29, 1.82) is 0 Å². The highest BCUT2D eigenvalue weighted by Crippen LogP contribution is 2.03. The molecule has 0 saturated carbocycles. The number of nitrogens with two attached hydrogens (primary N) is 5. The summed E-state index contributed by atoms with van der Waals surface area (Å²) in [6, 6.07) is -4.93. The minimum atomic E-state index is -1.49. The van der Waals surface area contributed by atoms with Crippen LogP contribution in [0, 0.1) is 0 Å². The molecule has 4 unspecified atom stereocenters. The molecule has 0 bridgehead atoms. The number of hydrogen-bond donors (Lipinski definition) is 11. The summed E-state index contributed by atoms with van der Waals surface area (Å²) in [6.45, 7) is -0.509. The summed E-state index contributed by atoms with van der Waals surface area (Å²) in [7, 11) is 0. The van der Waals surface area contributed by atoms with E-state index in [1.54, 1.807) is 0 Å². The van der Waals surface area contributed by atoms with Crippen molar-refractivity contribution in [2.45, 2.75) is 49.9 Å². The van der Waals surface area contributed by atoms with Gasteiger partial charge < -0.3 is 54.8 Å². The molecule has 0 saturated heterocycles. The number of carboxylic acid groups (broad SMARTS) is 1. The number of aliphatic carboxylic acids is 1. The Morgan fingerprint density at radius 3 is 1.63 bits per heavy atom. The molecule has 0 aromatic heterocycles. The second-order valence-electron chi connectivity index (χ2n) is 7.39. The van der Waals surface area contributed by atoms with Gasteiger partial charge in [-0.25, -0.2) is 4.79 Å². The lowest BCUT2D eigenvalue weighted by atomic mass is 10.1. The van der Waals surface area contributed by atoms with E-state index in [1.165, 1.54) is 0 Å². The van der Waals surface area contributed by atoms with Gasteiger partial charge in [0.1, 0.15) is 18.1 Å². The normalized spacial score (nSPS) is 13.9. The quantitative estimate of drug-likeness (QED) is 0.0373. The van der Waals surface area contributed by atoms with E-state index in [9.17, 15) is 29.4 Å². The third kappa shape index (κ3) is 13.9. The van der Waals surface area contributed by atoms with E-state index in [0.29, 0.717) is 6.42 Å². The Balaban J connectivity index is 5.23. The van der Waals surface area contributed by atoms with Gasteiger partial charge in [0.25, 0.3) is 0 Å². The number of rotatable bonds is 17. The van der Waals surface area contributed by atoms with Crippen molar-refractivity contribution in [2.75, 3.05) is 25.4 Å². The highest BCUT2D eigenvalue weighted by molar-refractivity contribution is 7.80. The lowest BCUT2D eigenvalue weighted by Crippen LogP contribution is -2.58. The van der Waals surface area contributed by atoms with Crippen LogP contribution < -0.4 is 44.6 Å². The molecule has 16 nitrogen and oxygen atoms in total. The summed E-state index contributed by atoms with van der Waals surface area (Å²) in [4.78, 5) is 56.4. The maximum Gasteiger partial charge on any atom is 0.326 e. The molecule has 0 rings (SSSR count). The smallest absolute Gasteiger partial charge is 0.326 e. The Kier molecular flexibility index (Phi) is 15.5. The van der Waals surface area contributed by atoms with E-state index >= 15 is 0 Å². The topological polar surface area (TPSA) is 300 Å². The summed E-state index contributed by atoms with van der Waals surface area (Å²) < 4.78 is 0. The third-order valence-electron chi connectivity index (χ3n) is 4.49. The van der Waals surface area contributed by atoms with Crippen LogP contribution in [0.4, 0.5) is 0 Å². The van der Waals surface area contributed by atoms with E-state index in [2.05, 4.69) is 38.6 Å². The molecule has 0 heterocycles. The molecule has 0 aromatic carbocycles. The zero-order valence-corrected chi connectivity index (χ0v) is 20.1. The van der Waals surface area contributed by atoms with Gasteiger partial charge >= 0.3 is 5.97 Å². The highest BCUT2D eigenvalue weighted by atomic mass is 32.1. The van der Waals surface area contributed by atoms with Crippen LogP contribution in [0.1, 0.15) is 25.7 Å². The van der Waals surface area contributed by atoms with Gasteiger partial charge in [0.2, 0.25) is 17.7 Å². The minimum absolute atomic E-state index is 0.00492. The number of carbonyl (C=O) groups is 4. The predicted octanol–water partition coefficient (Wildman–Crippen LogP) is -5.12. The van der Waals surface area contributed by atoms with Crippen molar-refractivity contribution in [2.24, 2.45) is 38.7 Å². The van der Waals surface area contributed by atoms with E-state index in [-0.39, 0.29) is 50.0 Å². The number of nitrogens with zero attached hydrogens (tertiary/aromatic N) is 2. The molecule has 0 aromatic rings. The number of amides is 3. The number of thiol groups is 1. The molecule has 4 atom stereocenters. The number of carboxylic acids is 1. The first-order chi connectivity index (χ1) is 16.4. The molecule has 0 spiro atoms. The van der Waals surface area contributed by atoms with Crippen molar-refractivity contribution < 1.29 is 29.4 Å². The molecule has 15 N–H and O–H groups in total. The van der Waals surface area contributed by atoms with Gasteiger partial charge in [-0.05, 0) is 25.7 Å². The van der Waals surface area contributed by atoms with Gasteiger partial charge in [0.15, 0.2) is 11.9 Å². The number of guanidine groups is 2. The number of nitrogens with one attached hydrogen (secondary N) is 3. The van der Waals surface area contributed by atoms with Crippen molar-refractivity contribution in [3.05, 3.63) is 0 Å². The molecule has 3 amide bonds. The monoisotopic (exact) mass is 520 g/mol. The minimum Gasteiger partial charge on any atom is -0.480 e. The first-order valence-electron chi connectivity index (χ1n) is 10.6. The van der Waals surface area contributed by atoms with E-state index in [4.69, 9.17) is 28.7 Å². The lowest BCUT2D eigenvalue weighted by Gasteiger charge is -2.24. The highest BCUT2D eigenvalue weighted by Gasteiger charge is 2.29. The van der Waals surface area contributed by atoms with Crippen molar-refractivity contribution in [3.8, 4) is 0 Å². The average molecular weight is 521 g/mol. The fourth-order valence-corrected chi connectivity index (χ4v) is 2.80. The first-order valence-corrected chi connectivity index (χ1v) is 11.3. The zero-order valence-electron chi connectivity index (χ0n) is 19.2. The van der Waals surface area contributed by atoms with Crippen LogP contribution in [0.2, 0.25) is 0 Å². The van der Waals surface area contributed by atoms with Gasteiger partial charge in [0.05, 0.1) is 12.6 Å². The second-order valence-corrected chi connectivity index (χ2v) is 7.76. The van der Waals surface area contributed by atoms with Crippen LogP contribution in [0.3, 0.4) is 0 Å². The maximum absolute atomic E-state index is 12.8. The van der Waals surface area contributed by atoms with Gasteiger partial charge in [-0.2, -0.15) is 12.6 Å². The summed E-state index contributed by atoms with van der Waals surface area (Å²) in [6.07, 6.45) is 0.616. The Morgan fingerprint density at radius 2 is 1.20 bits per heavy atom. The molecule has 0 radical (unpaired) electrons. The Bertz CT molecular complexity index is 773. The fourth-order valence-electron chi connectivity index (χ4n) is 2.63. The molecular formula is C18H36N10O6S. The van der Waals surface area contributed by atoms with Crippen LogP contribution in [-0.4, -0.2) is 95.4 Å². The molecule has 0 aliphatic heterocycles. The summed E-state index contributed by atoms with van der Waals surface area (Å²) in [5, 5.41) is 25.9. The van der Waals surface area contributed by atoms with Gasteiger partial charge in [-0.1, -0.05) is 0 Å². The van der Waals surface area contributed by atoms with Crippen molar-refractivity contribution in [1.82, 2.24) is 16.0 Å². The van der Waals surface area contributed by atoms with E-state index < -0.39 is 54.5 Å². The largest absolute Gasteiger partial charge is 0.480 e. The second kappa shape index (κ2) is 17.2. The van der Waals surface area contributed by atoms with Crippen LogP contribution in [0.5, 0.6) is 0 Å². The zero-order chi connectivity index (χ0) is 27.0. The molecule has 17 heteroatoms. The maximum atomic E-state index is 12.8. The number of aliphatic imine (C=N–C) groups is 2. The number of carbonyl (C=O) groups excluding carboxylic acids is 3. The molecule has 200 valence electrons. The Labute approximate surface area is 207 Å². The van der Waals surface area contributed by atoms with Crippen LogP contribution in [0.25, 0.3) is 0 Å².